The van der Waals surface area contributed by atoms with Gasteiger partial charge in [-0.05, 0) is 0 Å². The van der Waals surface area contributed by atoms with E-state index in [0.29, 0.717) is 0 Å². The predicted molar refractivity (Wildman–Crippen MR) is 73.5 cm³/mol. The molecule has 2 rings (SSSR count). The first kappa shape index (κ1) is 19.9. The van der Waals surface area contributed by atoms with Crippen LogP contribution < -0.4 is 0 Å². The number of ether oxygens (including phenoxy) is 4. The van der Waals surface area contributed by atoms with E-state index in [0.717, 1.165) is 0 Å². The number of hydrogen-bond acceptors (Lipinski definition) is 11. The van der Waals surface area contributed by atoms with Crippen LogP contribution in [-0.2, 0) is 18.9 Å². The lowest BCUT2D eigenvalue weighted by atomic mass is 9.93. The van der Waals surface area contributed by atoms with Crippen LogP contribution in [0.5, 0.6) is 0 Å². The summed E-state index contributed by atoms with van der Waals surface area (Å²) in [7, 11) is 1.17. The minimum atomic E-state index is -2.20. The molecule has 2 heterocycles. The molecule has 0 aliphatic carbocycles. The zero-order valence-corrected chi connectivity index (χ0v) is 13.1. The van der Waals surface area contributed by atoms with Crippen molar-refractivity contribution >= 4 is 0 Å². The number of methoxy groups -OCH3 is 1. The van der Waals surface area contributed by atoms with Crippen LogP contribution in [0.15, 0.2) is 0 Å². The molecule has 0 radical (unpaired) electrons. The maximum atomic E-state index is 10.4. The van der Waals surface area contributed by atoms with Crippen LogP contribution in [0.25, 0.3) is 0 Å². The molecule has 0 saturated carbocycles. The summed E-state index contributed by atoms with van der Waals surface area (Å²) in [4.78, 5) is 0. The summed E-state index contributed by atoms with van der Waals surface area (Å²) in [5.74, 6) is -4.07. The van der Waals surface area contributed by atoms with Crippen molar-refractivity contribution in [3.05, 3.63) is 0 Å². The van der Waals surface area contributed by atoms with Crippen molar-refractivity contribution in [3.8, 4) is 0 Å². The molecule has 2 fully saturated rings. The highest BCUT2D eigenvalue weighted by atomic mass is 16.8. The standard InChI is InChI=1S/C13H24O11/c1-21-12(4-14)11(20)9(7(17)3-22-12)24-13(5-15)10(19)8(18)6(16)2-23-13/h6-11,14-20H,2-5H2,1H3/t6-,7-,8-,9-,10+,11+,12+,13-/m0/s1. The summed E-state index contributed by atoms with van der Waals surface area (Å²) < 4.78 is 20.7. The number of aliphatic hydroxyl groups is 7. The SMILES string of the molecule is CO[C@]1(CO)OC[C@H](O)[C@H](O[C@]2(CO)OC[C@H](O)[C@H](O)[C@H]2O)[C@H]1O. The highest BCUT2D eigenvalue weighted by Crippen LogP contribution is 2.35. The molecule has 11 nitrogen and oxygen atoms in total. The maximum Gasteiger partial charge on any atom is 0.221 e. The first-order valence-corrected chi connectivity index (χ1v) is 7.40. The van der Waals surface area contributed by atoms with E-state index in [1.54, 1.807) is 0 Å². The molecule has 0 bridgehead atoms. The third kappa shape index (κ3) is 3.18. The van der Waals surface area contributed by atoms with E-state index < -0.39 is 68.0 Å². The monoisotopic (exact) mass is 356 g/mol. The summed E-state index contributed by atoms with van der Waals surface area (Å²) in [6.07, 6.45) is -9.54. The van der Waals surface area contributed by atoms with Gasteiger partial charge in [-0.2, -0.15) is 0 Å². The van der Waals surface area contributed by atoms with Gasteiger partial charge in [0, 0.05) is 7.11 Å². The van der Waals surface area contributed by atoms with Crippen molar-refractivity contribution in [2.24, 2.45) is 0 Å². The molecule has 2 aliphatic rings. The normalized spacial score (nSPS) is 50.0. The van der Waals surface area contributed by atoms with E-state index in [-0.39, 0.29) is 6.61 Å². The Balaban J connectivity index is 2.25. The highest BCUT2D eigenvalue weighted by Gasteiger charge is 2.57. The molecule has 0 unspecified atom stereocenters. The van der Waals surface area contributed by atoms with Crippen LogP contribution in [0.2, 0.25) is 0 Å². The third-order valence-corrected chi connectivity index (χ3v) is 4.43. The summed E-state index contributed by atoms with van der Waals surface area (Å²) in [5, 5.41) is 68.8. The number of aliphatic hydroxyl groups excluding tert-OH is 7. The smallest absolute Gasteiger partial charge is 0.221 e. The zero-order chi connectivity index (χ0) is 18.1. The summed E-state index contributed by atoms with van der Waals surface area (Å²) in [6, 6.07) is 0. The van der Waals surface area contributed by atoms with Gasteiger partial charge in [-0.1, -0.05) is 0 Å². The van der Waals surface area contributed by atoms with Crippen LogP contribution in [-0.4, -0.2) is 117 Å². The Hall–Kier alpha value is -0.440. The number of rotatable bonds is 5. The van der Waals surface area contributed by atoms with Crippen LogP contribution in [0.1, 0.15) is 0 Å². The predicted octanol–water partition coefficient (Wildman–Crippen LogP) is -4.74. The Bertz CT molecular complexity index is 417. The van der Waals surface area contributed by atoms with Gasteiger partial charge >= 0.3 is 0 Å². The molecule has 8 atom stereocenters. The van der Waals surface area contributed by atoms with Crippen LogP contribution in [0.3, 0.4) is 0 Å². The van der Waals surface area contributed by atoms with Gasteiger partial charge in [-0.15, -0.1) is 0 Å². The van der Waals surface area contributed by atoms with Crippen LogP contribution in [0.4, 0.5) is 0 Å². The van der Waals surface area contributed by atoms with Gasteiger partial charge in [0.15, 0.2) is 0 Å². The molecule has 7 N–H and O–H groups in total. The fraction of sp³-hybridized carbons (Fsp3) is 1.00. The molecular formula is C13H24O11. The molecule has 2 aliphatic heterocycles. The van der Waals surface area contributed by atoms with Gasteiger partial charge in [-0.3, -0.25) is 0 Å². The second-order valence-electron chi connectivity index (χ2n) is 5.86. The van der Waals surface area contributed by atoms with Gasteiger partial charge in [0.2, 0.25) is 11.6 Å². The van der Waals surface area contributed by atoms with E-state index in [1.165, 1.54) is 7.11 Å². The minimum absolute atomic E-state index is 0.376. The Kier molecular flexibility index (Phi) is 6.16. The summed E-state index contributed by atoms with van der Waals surface area (Å²) >= 11 is 0. The molecule has 11 heteroatoms. The van der Waals surface area contributed by atoms with Gasteiger partial charge in [0.25, 0.3) is 0 Å². The van der Waals surface area contributed by atoms with E-state index >= 15 is 0 Å². The molecule has 0 aromatic heterocycles. The van der Waals surface area contributed by atoms with Crippen molar-refractivity contribution in [1.29, 1.82) is 0 Å². The van der Waals surface area contributed by atoms with Crippen LogP contribution in [0, 0.1) is 0 Å². The fourth-order valence-electron chi connectivity index (χ4n) is 2.79. The maximum absolute atomic E-state index is 10.4. The molecule has 0 amide bonds. The quantitative estimate of drug-likeness (QED) is 0.251. The molecule has 2 saturated heterocycles. The van der Waals surface area contributed by atoms with Gasteiger partial charge < -0.3 is 54.7 Å². The summed E-state index contributed by atoms with van der Waals surface area (Å²) in [6.45, 7) is -2.52. The van der Waals surface area contributed by atoms with Crippen molar-refractivity contribution < 1.29 is 54.7 Å². The lowest BCUT2D eigenvalue weighted by Crippen LogP contribution is -2.70. The number of hydrogen-bond donors (Lipinski definition) is 7. The molecule has 0 spiro atoms. The molecule has 24 heavy (non-hydrogen) atoms. The summed E-state index contributed by atoms with van der Waals surface area (Å²) in [5.41, 5.74) is 0. The minimum Gasteiger partial charge on any atom is -0.391 e. The van der Waals surface area contributed by atoms with Crippen molar-refractivity contribution in [2.45, 2.75) is 48.2 Å². The molecule has 0 aromatic rings. The largest absolute Gasteiger partial charge is 0.391 e. The lowest BCUT2D eigenvalue weighted by Gasteiger charge is -2.50. The van der Waals surface area contributed by atoms with E-state index in [1.807, 2.05) is 0 Å². The van der Waals surface area contributed by atoms with Crippen molar-refractivity contribution in [2.75, 3.05) is 33.5 Å². The Morgan fingerprint density at radius 2 is 1.42 bits per heavy atom. The zero-order valence-electron chi connectivity index (χ0n) is 13.1. The van der Waals surface area contributed by atoms with E-state index in [9.17, 15) is 35.7 Å². The molecule has 0 aromatic carbocycles. The average molecular weight is 356 g/mol. The molecule has 142 valence electrons. The van der Waals surface area contributed by atoms with Crippen LogP contribution >= 0.6 is 0 Å². The van der Waals surface area contributed by atoms with Gasteiger partial charge in [-0.25, -0.2) is 0 Å². The molecular weight excluding hydrogens is 332 g/mol. The van der Waals surface area contributed by atoms with E-state index in [4.69, 9.17) is 18.9 Å². The second-order valence-corrected chi connectivity index (χ2v) is 5.86. The lowest BCUT2D eigenvalue weighted by molar-refractivity contribution is -0.406. The highest BCUT2D eigenvalue weighted by molar-refractivity contribution is 4.98. The van der Waals surface area contributed by atoms with Crippen molar-refractivity contribution in [1.82, 2.24) is 0 Å². The first-order chi connectivity index (χ1) is 11.3. The Labute approximate surface area is 137 Å². The van der Waals surface area contributed by atoms with Gasteiger partial charge in [0.05, 0.1) is 13.2 Å². The van der Waals surface area contributed by atoms with Gasteiger partial charge in [0.1, 0.15) is 49.8 Å². The van der Waals surface area contributed by atoms with Crippen molar-refractivity contribution in [3.63, 3.8) is 0 Å². The average Bonchev–Trinajstić information content (AvgIpc) is 2.60. The second kappa shape index (κ2) is 7.43. The fourth-order valence-corrected chi connectivity index (χ4v) is 2.79. The van der Waals surface area contributed by atoms with E-state index in [2.05, 4.69) is 0 Å². The Morgan fingerprint density at radius 3 is 1.96 bits per heavy atom. The topological polar surface area (TPSA) is 179 Å². The Morgan fingerprint density at radius 1 is 0.875 bits per heavy atom. The first-order valence-electron chi connectivity index (χ1n) is 7.40. The third-order valence-electron chi connectivity index (χ3n) is 4.43.